The molecule has 0 saturated carbocycles. The van der Waals surface area contributed by atoms with Crippen molar-refractivity contribution in [3.8, 4) is 0 Å². The normalized spacial score (nSPS) is 16.2. The number of nitrogens with zero attached hydrogens (tertiary/aromatic N) is 1. The molecule has 1 unspecified atom stereocenters. The van der Waals surface area contributed by atoms with E-state index >= 15 is 0 Å². The molecule has 8 heteroatoms. The second kappa shape index (κ2) is 10.2. The van der Waals surface area contributed by atoms with Crippen LogP contribution in [0.25, 0.3) is 0 Å². The van der Waals surface area contributed by atoms with Crippen molar-refractivity contribution in [2.45, 2.75) is 32.7 Å². The van der Waals surface area contributed by atoms with Gasteiger partial charge in [0.15, 0.2) is 0 Å². The van der Waals surface area contributed by atoms with E-state index in [1.807, 2.05) is 13.8 Å². The minimum Gasteiger partial charge on any atom is -0.351 e. The van der Waals surface area contributed by atoms with Crippen molar-refractivity contribution in [3.05, 3.63) is 63.6 Å². The van der Waals surface area contributed by atoms with Crippen LogP contribution in [0.3, 0.4) is 0 Å². The van der Waals surface area contributed by atoms with Crippen LogP contribution < -0.4 is 10.6 Å². The van der Waals surface area contributed by atoms with Crippen LogP contribution in [0.15, 0.2) is 42.5 Å². The zero-order valence-corrected chi connectivity index (χ0v) is 19.0. The molecule has 164 valence electrons. The largest absolute Gasteiger partial charge is 0.351 e. The van der Waals surface area contributed by atoms with Crippen LogP contribution in [0.5, 0.6) is 0 Å². The van der Waals surface area contributed by atoms with Gasteiger partial charge in [0.05, 0.1) is 0 Å². The molecular formula is C23H25Cl2N3O3. The van der Waals surface area contributed by atoms with Crippen molar-refractivity contribution < 1.29 is 14.4 Å². The molecule has 0 spiro atoms. The highest BCUT2D eigenvalue weighted by Crippen LogP contribution is 2.21. The average Bonchev–Trinajstić information content (AvgIpc) is 2.73. The molecule has 3 rings (SSSR count). The lowest BCUT2D eigenvalue weighted by atomic mass is 10.0. The lowest BCUT2D eigenvalue weighted by Gasteiger charge is -2.33. The SMILES string of the molecule is CC(C)C(=O)NC1CCCN(C(=O)c2ccc(NC(=O)c3cc(Cl)cc(Cl)c3)cc2)C1. The summed E-state index contributed by atoms with van der Waals surface area (Å²) in [7, 11) is 0. The van der Waals surface area contributed by atoms with E-state index in [4.69, 9.17) is 23.2 Å². The molecule has 0 aromatic heterocycles. The van der Waals surface area contributed by atoms with E-state index < -0.39 is 0 Å². The number of hydrogen-bond donors (Lipinski definition) is 2. The second-order valence-corrected chi connectivity index (χ2v) is 8.82. The Kier molecular flexibility index (Phi) is 7.57. The molecule has 3 amide bonds. The maximum Gasteiger partial charge on any atom is 0.255 e. The van der Waals surface area contributed by atoms with E-state index in [0.717, 1.165) is 12.8 Å². The van der Waals surface area contributed by atoms with Gasteiger partial charge in [-0.15, -0.1) is 0 Å². The van der Waals surface area contributed by atoms with E-state index in [2.05, 4.69) is 10.6 Å². The summed E-state index contributed by atoms with van der Waals surface area (Å²) in [5.74, 6) is -0.525. The number of hydrogen-bond acceptors (Lipinski definition) is 3. The Morgan fingerprint density at radius 1 is 1.00 bits per heavy atom. The lowest BCUT2D eigenvalue weighted by molar-refractivity contribution is -0.125. The molecular weight excluding hydrogens is 437 g/mol. The molecule has 0 aliphatic carbocycles. The Morgan fingerprint density at radius 3 is 2.26 bits per heavy atom. The van der Waals surface area contributed by atoms with Crippen molar-refractivity contribution in [1.82, 2.24) is 10.2 Å². The highest BCUT2D eigenvalue weighted by Gasteiger charge is 2.26. The summed E-state index contributed by atoms with van der Waals surface area (Å²) in [4.78, 5) is 39.0. The zero-order chi connectivity index (χ0) is 22.5. The van der Waals surface area contributed by atoms with Gasteiger partial charge in [0.1, 0.15) is 0 Å². The number of rotatable bonds is 5. The first-order valence-corrected chi connectivity index (χ1v) is 11.0. The van der Waals surface area contributed by atoms with Gasteiger partial charge in [-0.2, -0.15) is 0 Å². The maximum atomic E-state index is 12.9. The van der Waals surface area contributed by atoms with Crippen molar-refractivity contribution in [2.24, 2.45) is 5.92 Å². The molecule has 1 aliphatic rings. The Balaban J connectivity index is 1.62. The first-order chi connectivity index (χ1) is 14.7. The van der Waals surface area contributed by atoms with E-state index in [9.17, 15) is 14.4 Å². The molecule has 6 nitrogen and oxygen atoms in total. The van der Waals surface area contributed by atoms with Gasteiger partial charge in [0, 0.05) is 51.9 Å². The zero-order valence-electron chi connectivity index (χ0n) is 17.5. The van der Waals surface area contributed by atoms with Crippen LogP contribution in [-0.4, -0.2) is 41.8 Å². The summed E-state index contributed by atoms with van der Waals surface area (Å²) < 4.78 is 0. The van der Waals surface area contributed by atoms with Gasteiger partial charge in [-0.3, -0.25) is 14.4 Å². The highest BCUT2D eigenvalue weighted by atomic mass is 35.5. The molecule has 1 fully saturated rings. The third-order valence-electron chi connectivity index (χ3n) is 5.09. The van der Waals surface area contributed by atoms with Gasteiger partial charge in [-0.05, 0) is 55.3 Å². The number of likely N-dealkylation sites (tertiary alicyclic amines) is 1. The van der Waals surface area contributed by atoms with Crippen LogP contribution in [0.2, 0.25) is 10.0 Å². The quantitative estimate of drug-likeness (QED) is 0.681. The molecule has 2 N–H and O–H groups in total. The van der Waals surface area contributed by atoms with Crippen molar-refractivity contribution in [2.75, 3.05) is 18.4 Å². The minimum absolute atomic E-state index is 0.000356. The fraction of sp³-hybridized carbons (Fsp3) is 0.348. The number of carbonyl (C=O) groups excluding carboxylic acids is 3. The first-order valence-electron chi connectivity index (χ1n) is 10.2. The minimum atomic E-state index is -0.344. The molecule has 1 saturated heterocycles. The second-order valence-electron chi connectivity index (χ2n) is 7.94. The standard InChI is InChI=1S/C23H25Cl2N3O3/c1-14(2)21(29)27-20-4-3-9-28(13-20)23(31)15-5-7-19(8-6-15)26-22(30)16-10-17(24)12-18(25)11-16/h5-8,10-12,14,20H,3-4,9,13H2,1-2H3,(H,26,30)(H,27,29). The van der Waals surface area contributed by atoms with Crippen LogP contribution >= 0.6 is 23.2 Å². The van der Waals surface area contributed by atoms with Gasteiger partial charge in [-0.1, -0.05) is 37.0 Å². The van der Waals surface area contributed by atoms with Crippen molar-refractivity contribution in [1.29, 1.82) is 0 Å². The molecule has 1 aliphatic heterocycles. The number of amides is 3. The predicted molar refractivity (Wildman–Crippen MR) is 123 cm³/mol. The Hall–Kier alpha value is -2.57. The number of anilines is 1. The van der Waals surface area contributed by atoms with Gasteiger partial charge >= 0.3 is 0 Å². The van der Waals surface area contributed by atoms with Crippen molar-refractivity contribution in [3.63, 3.8) is 0 Å². The number of nitrogens with one attached hydrogen (secondary N) is 2. The maximum absolute atomic E-state index is 12.9. The predicted octanol–water partition coefficient (Wildman–Crippen LogP) is 4.62. The monoisotopic (exact) mass is 461 g/mol. The Morgan fingerprint density at radius 2 is 1.65 bits per heavy atom. The number of piperidine rings is 1. The van der Waals surface area contributed by atoms with E-state index in [1.165, 1.54) is 12.1 Å². The van der Waals surface area contributed by atoms with Crippen LogP contribution in [0, 0.1) is 5.92 Å². The van der Waals surface area contributed by atoms with Crippen LogP contribution in [0.1, 0.15) is 47.4 Å². The first kappa shape index (κ1) is 23.1. The molecule has 0 bridgehead atoms. The van der Waals surface area contributed by atoms with E-state index in [1.54, 1.807) is 35.2 Å². The topological polar surface area (TPSA) is 78.5 Å². The summed E-state index contributed by atoms with van der Waals surface area (Å²) in [5, 5.41) is 6.53. The summed E-state index contributed by atoms with van der Waals surface area (Å²) in [6, 6.07) is 11.3. The molecule has 2 aromatic carbocycles. The number of halogens is 2. The average molecular weight is 462 g/mol. The molecule has 1 heterocycles. The summed E-state index contributed by atoms with van der Waals surface area (Å²) in [5.41, 5.74) is 1.43. The smallest absolute Gasteiger partial charge is 0.255 e. The van der Waals surface area contributed by atoms with E-state index in [0.29, 0.717) is 39.9 Å². The third-order valence-corrected chi connectivity index (χ3v) is 5.53. The van der Waals surface area contributed by atoms with Gasteiger partial charge < -0.3 is 15.5 Å². The summed E-state index contributed by atoms with van der Waals surface area (Å²) in [6.45, 7) is 4.84. The molecule has 1 atom stereocenters. The van der Waals surface area contributed by atoms with Crippen LogP contribution in [-0.2, 0) is 4.79 Å². The molecule has 2 aromatic rings. The third kappa shape index (κ3) is 6.21. The van der Waals surface area contributed by atoms with E-state index in [-0.39, 0.29) is 29.7 Å². The highest BCUT2D eigenvalue weighted by molar-refractivity contribution is 6.35. The Bertz CT molecular complexity index is 956. The number of benzene rings is 2. The Labute approximate surface area is 191 Å². The fourth-order valence-corrected chi connectivity index (χ4v) is 3.94. The fourth-order valence-electron chi connectivity index (χ4n) is 3.41. The molecule has 0 radical (unpaired) electrons. The lowest BCUT2D eigenvalue weighted by Crippen LogP contribution is -2.50. The number of carbonyl (C=O) groups is 3. The van der Waals surface area contributed by atoms with Crippen LogP contribution in [0.4, 0.5) is 5.69 Å². The molecule has 31 heavy (non-hydrogen) atoms. The van der Waals surface area contributed by atoms with Gasteiger partial charge in [0.25, 0.3) is 11.8 Å². The summed E-state index contributed by atoms with van der Waals surface area (Å²) in [6.07, 6.45) is 1.70. The van der Waals surface area contributed by atoms with Gasteiger partial charge in [-0.25, -0.2) is 0 Å². The summed E-state index contributed by atoms with van der Waals surface area (Å²) >= 11 is 11.9. The van der Waals surface area contributed by atoms with Crippen molar-refractivity contribution >= 4 is 46.6 Å². The van der Waals surface area contributed by atoms with Gasteiger partial charge in [0.2, 0.25) is 5.91 Å².